The molecule has 6 nitrogen and oxygen atoms in total. The smallest absolute Gasteiger partial charge is 0.325 e. The van der Waals surface area contributed by atoms with E-state index in [1.165, 1.54) is 23.1 Å². The number of hydrogen-bond acceptors (Lipinski definition) is 3. The number of urea groups is 1. The fourth-order valence-corrected chi connectivity index (χ4v) is 2.80. The molecule has 7 heteroatoms. The summed E-state index contributed by atoms with van der Waals surface area (Å²) in [6, 6.07) is 12.7. The SMILES string of the molecule is CCOc1ccc(N2CCN(CC(=O)Nc3cccc(F)c3)C2=O)cc1. The van der Waals surface area contributed by atoms with Crippen LogP contribution in [0.3, 0.4) is 0 Å². The summed E-state index contributed by atoms with van der Waals surface area (Å²) in [7, 11) is 0. The van der Waals surface area contributed by atoms with Gasteiger partial charge in [0.25, 0.3) is 0 Å². The molecular formula is C19H20FN3O3. The zero-order valence-electron chi connectivity index (χ0n) is 14.4. The number of anilines is 2. The molecule has 1 aliphatic heterocycles. The normalized spacial score (nSPS) is 13.8. The minimum absolute atomic E-state index is 0.0805. The van der Waals surface area contributed by atoms with Crippen LogP contribution in [0.5, 0.6) is 5.75 Å². The van der Waals surface area contributed by atoms with Gasteiger partial charge in [0.1, 0.15) is 18.1 Å². The lowest BCUT2D eigenvalue weighted by Gasteiger charge is -2.18. The van der Waals surface area contributed by atoms with Gasteiger partial charge in [-0.2, -0.15) is 0 Å². The van der Waals surface area contributed by atoms with Crippen molar-refractivity contribution in [3.63, 3.8) is 0 Å². The Labute approximate surface area is 151 Å². The largest absolute Gasteiger partial charge is 0.494 e. The molecule has 1 aliphatic rings. The molecule has 1 N–H and O–H groups in total. The average molecular weight is 357 g/mol. The summed E-state index contributed by atoms with van der Waals surface area (Å²) in [5.41, 5.74) is 1.12. The van der Waals surface area contributed by atoms with E-state index in [1.54, 1.807) is 11.0 Å². The molecular weight excluding hydrogens is 337 g/mol. The second-order valence-electron chi connectivity index (χ2n) is 5.84. The average Bonchev–Trinajstić information content (AvgIpc) is 2.96. The van der Waals surface area contributed by atoms with Crippen LogP contribution in [0.15, 0.2) is 48.5 Å². The minimum atomic E-state index is -0.429. The topological polar surface area (TPSA) is 61.9 Å². The van der Waals surface area contributed by atoms with Crippen molar-refractivity contribution < 1.29 is 18.7 Å². The van der Waals surface area contributed by atoms with Gasteiger partial charge in [-0.15, -0.1) is 0 Å². The second-order valence-corrected chi connectivity index (χ2v) is 5.84. The van der Waals surface area contributed by atoms with E-state index < -0.39 is 5.82 Å². The maximum atomic E-state index is 13.2. The van der Waals surface area contributed by atoms with Crippen LogP contribution in [0.1, 0.15) is 6.92 Å². The van der Waals surface area contributed by atoms with E-state index in [-0.39, 0.29) is 18.5 Å². The van der Waals surface area contributed by atoms with Crippen molar-refractivity contribution in [2.45, 2.75) is 6.92 Å². The number of benzene rings is 2. The van der Waals surface area contributed by atoms with Crippen LogP contribution in [0, 0.1) is 5.82 Å². The third-order valence-corrected chi connectivity index (χ3v) is 4.00. The quantitative estimate of drug-likeness (QED) is 0.864. The van der Waals surface area contributed by atoms with E-state index in [1.807, 2.05) is 31.2 Å². The Morgan fingerprint density at radius 3 is 2.65 bits per heavy atom. The van der Waals surface area contributed by atoms with Gasteiger partial charge in [0.15, 0.2) is 0 Å². The van der Waals surface area contributed by atoms with E-state index in [0.29, 0.717) is 25.4 Å². The van der Waals surface area contributed by atoms with Crippen molar-refractivity contribution in [2.24, 2.45) is 0 Å². The lowest BCUT2D eigenvalue weighted by molar-refractivity contribution is -0.116. The number of nitrogens with one attached hydrogen (secondary N) is 1. The highest BCUT2D eigenvalue weighted by Crippen LogP contribution is 2.23. The van der Waals surface area contributed by atoms with Crippen LogP contribution in [-0.4, -0.2) is 43.1 Å². The highest BCUT2D eigenvalue weighted by Gasteiger charge is 2.30. The zero-order valence-corrected chi connectivity index (χ0v) is 14.4. The first kappa shape index (κ1) is 17.7. The summed E-state index contributed by atoms with van der Waals surface area (Å²) in [6.07, 6.45) is 0. The second kappa shape index (κ2) is 7.86. The number of rotatable bonds is 6. The molecule has 0 radical (unpaired) electrons. The Morgan fingerprint density at radius 2 is 1.96 bits per heavy atom. The van der Waals surface area contributed by atoms with Gasteiger partial charge in [0.2, 0.25) is 5.91 Å². The molecule has 3 rings (SSSR count). The molecule has 1 saturated heterocycles. The highest BCUT2D eigenvalue weighted by molar-refractivity contribution is 5.99. The van der Waals surface area contributed by atoms with E-state index in [9.17, 15) is 14.0 Å². The van der Waals surface area contributed by atoms with Crippen LogP contribution >= 0.6 is 0 Å². The van der Waals surface area contributed by atoms with Gasteiger partial charge in [-0.05, 0) is 49.4 Å². The molecule has 26 heavy (non-hydrogen) atoms. The maximum Gasteiger partial charge on any atom is 0.325 e. The first-order chi connectivity index (χ1) is 12.6. The van der Waals surface area contributed by atoms with Crippen LogP contribution in [0.4, 0.5) is 20.6 Å². The van der Waals surface area contributed by atoms with E-state index >= 15 is 0 Å². The first-order valence-electron chi connectivity index (χ1n) is 8.41. The zero-order chi connectivity index (χ0) is 18.5. The molecule has 0 aromatic heterocycles. The molecule has 3 amide bonds. The van der Waals surface area contributed by atoms with Crippen LogP contribution < -0.4 is 15.0 Å². The maximum absolute atomic E-state index is 13.2. The Bertz CT molecular complexity index is 795. The third-order valence-electron chi connectivity index (χ3n) is 4.00. The molecule has 0 atom stereocenters. The molecule has 2 aromatic carbocycles. The predicted molar refractivity (Wildman–Crippen MR) is 97.0 cm³/mol. The third kappa shape index (κ3) is 4.11. The monoisotopic (exact) mass is 357 g/mol. The van der Waals surface area contributed by atoms with Crippen LogP contribution in [0.2, 0.25) is 0 Å². The van der Waals surface area contributed by atoms with Gasteiger partial charge in [-0.3, -0.25) is 9.69 Å². The van der Waals surface area contributed by atoms with Gasteiger partial charge in [0.05, 0.1) is 6.61 Å². The number of nitrogens with zero attached hydrogens (tertiary/aromatic N) is 2. The standard InChI is InChI=1S/C19H20FN3O3/c1-2-26-17-8-6-16(7-9-17)23-11-10-22(19(23)25)13-18(24)21-15-5-3-4-14(20)12-15/h3-9,12H,2,10-11,13H2,1H3,(H,21,24). The number of carbonyl (C=O) groups is 2. The first-order valence-corrected chi connectivity index (χ1v) is 8.41. The number of carbonyl (C=O) groups excluding carboxylic acids is 2. The Morgan fingerprint density at radius 1 is 1.19 bits per heavy atom. The predicted octanol–water partition coefficient (Wildman–Crippen LogP) is 3.11. The Hall–Kier alpha value is -3.09. The van der Waals surface area contributed by atoms with Crippen molar-refractivity contribution in [1.29, 1.82) is 0 Å². The highest BCUT2D eigenvalue weighted by atomic mass is 19.1. The summed E-state index contributed by atoms with van der Waals surface area (Å²) >= 11 is 0. The van der Waals surface area contributed by atoms with Crippen LogP contribution in [-0.2, 0) is 4.79 Å². The molecule has 136 valence electrons. The fourth-order valence-electron chi connectivity index (χ4n) is 2.80. The lowest BCUT2D eigenvalue weighted by Crippen LogP contribution is -2.37. The van der Waals surface area contributed by atoms with Crippen molar-refractivity contribution >= 4 is 23.3 Å². The Balaban J connectivity index is 1.59. The van der Waals surface area contributed by atoms with E-state index in [0.717, 1.165) is 11.4 Å². The Kier molecular flexibility index (Phi) is 5.36. The minimum Gasteiger partial charge on any atom is -0.494 e. The van der Waals surface area contributed by atoms with Gasteiger partial charge in [-0.25, -0.2) is 9.18 Å². The summed E-state index contributed by atoms with van der Waals surface area (Å²) < 4.78 is 18.6. The van der Waals surface area contributed by atoms with Crippen molar-refractivity contribution in [2.75, 3.05) is 36.5 Å². The molecule has 1 heterocycles. The number of ether oxygens (including phenoxy) is 1. The van der Waals surface area contributed by atoms with Crippen molar-refractivity contribution in [3.05, 3.63) is 54.3 Å². The number of hydrogen-bond donors (Lipinski definition) is 1. The molecule has 0 bridgehead atoms. The summed E-state index contributed by atoms with van der Waals surface area (Å²) in [6.45, 7) is 3.35. The van der Waals surface area contributed by atoms with Gasteiger partial charge in [0, 0.05) is 24.5 Å². The molecule has 0 saturated carbocycles. The van der Waals surface area contributed by atoms with E-state index in [4.69, 9.17) is 4.74 Å². The molecule has 0 aliphatic carbocycles. The summed E-state index contributed by atoms with van der Waals surface area (Å²) in [5.74, 6) is -0.0477. The molecule has 0 unspecified atom stereocenters. The molecule has 0 spiro atoms. The van der Waals surface area contributed by atoms with Gasteiger partial charge in [-0.1, -0.05) is 6.07 Å². The van der Waals surface area contributed by atoms with Crippen molar-refractivity contribution in [1.82, 2.24) is 4.90 Å². The number of halogens is 1. The summed E-state index contributed by atoms with van der Waals surface area (Å²) in [4.78, 5) is 27.7. The summed E-state index contributed by atoms with van der Waals surface area (Å²) in [5, 5.41) is 2.60. The van der Waals surface area contributed by atoms with Gasteiger partial charge < -0.3 is 15.0 Å². The van der Waals surface area contributed by atoms with Gasteiger partial charge >= 0.3 is 6.03 Å². The van der Waals surface area contributed by atoms with Crippen LogP contribution in [0.25, 0.3) is 0 Å². The molecule has 2 aromatic rings. The van der Waals surface area contributed by atoms with E-state index in [2.05, 4.69) is 5.32 Å². The number of amides is 3. The molecule has 1 fully saturated rings. The van der Waals surface area contributed by atoms with Crippen molar-refractivity contribution in [3.8, 4) is 5.75 Å². The lowest BCUT2D eigenvalue weighted by atomic mass is 10.3. The fraction of sp³-hybridized carbons (Fsp3) is 0.263.